The van der Waals surface area contributed by atoms with E-state index in [1.54, 1.807) is 11.8 Å². The molecule has 1 fully saturated rings. The molecule has 4 aromatic rings. The summed E-state index contributed by atoms with van der Waals surface area (Å²) in [6.45, 7) is 0.740. The number of rotatable bonds is 8. The average molecular weight is 524 g/mol. The van der Waals surface area contributed by atoms with E-state index in [9.17, 15) is 0 Å². The van der Waals surface area contributed by atoms with Crippen molar-refractivity contribution in [3.63, 3.8) is 0 Å². The number of furan rings is 1. The van der Waals surface area contributed by atoms with Crippen LogP contribution in [0, 0.1) is 0 Å². The lowest BCUT2D eigenvalue weighted by atomic mass is 9.91. The van der Waals surface area contributed by atoms with E-state index in [4.69, 9.17) is 26.0 Å². The molecule has 6 nitrogen and oxygen atoms in total. The Bertz CT molecular complexity index is 1270. The van der Waals surface area contributed by atoms with Gasteiger partial charge in [0, 0.05) is 41.5 Å². The Hall–Kier alpha value is -2.74. The molecule has 1 saturated carbocycles. The normalized spacial score (nSPS) is 17.5. The number of anilines is 2. The molecule has 8 heteroatoms. The molecule has 5 rings (SSSR count). The number of para-hydroxylation sites is 1. The van der Waals surface area contributed by atoms with Crippen molar-refractivity contribution in [2.24, 2.45) is 0 Å². The minimum Gasteiger partial charge on any atom is -0.453 e. The van der Waals surface area contributed by atoms with Crippen molar-refractivity contribution in [3.05, 3.63) is 71.4 Å². The Morgan fingerprint density at radius 3 is 2.42 bits per heavy atom. The first-order valence-corrected chi connectivity index (χ1v) is 13.2. The standard InChI is InChI=1S/C27H30ClN5OS.CH4/c1-33(2)26-23-5-3-4-6-24(23)31-27(32-26)30-20-11-9-19(10-12-20)29-17-21-13-16-25(34-21)35-22-14-7-18(28)8-15-22;/h3-8,13-16,19-20,29H,9-12,17H2,1-2H3,(H,30,31,32);1H4. The van der Waals surface area contributed by atoms with E-state index in [2.05, 4.69) is 22.8 Å². The molecule has 0 unspecified atom stereocenters. The van der Waals surface area contributed by atoms with Crippen LogP contribution in [-0.4, -0.2) is 36.1 Å². The molecular formula is C28H34ClN5OS. The third kappa shape index (κ3) is 6.52. The maximum atomic E-state index is 6.01. The highest BCUT2D eigenvalue weighted by molar-refractivity contribution is 7.99. The number of hydrogen-bond acceptors (Lipinski definition) is 7. The van der Waals surface area contributed by atoms with Gasteiger partial charge < -0.3 is 20.0 Å². The first kappa shape index (κ1) is 26.3. The van der Waals surface area contributed by atoms with Gasteiger partial charge in [0.1, 0.15) is 11.6 Å². The lowest BCUT2D eigenvalue weighted by Gasteiger charge is -2.30. The topological polar surface area (TPSA) is 66.2 Å². The Kier molecular flexibility index (Phi) is 8.77. The minimum absolute atomic E-state index is 0. The van der Waals surface area contributed by atoms with Gasteiger partial charge in [-0.1, -0.05) is 42.9 Å². The fourth-order valence-corrected chi connectivity index (χ4v) is 5.38. The smallest absolute Gasteiger partial charge is 0.225 e. The van der Waals surface area contributed by atoms with Crippen LogP contribution < -0.4 is 15.5 Å². The highest BCUT2D eigenvalue weighted by Crippen LogP contribution is 2.30. The molecule has 2 aromatic heterocycles. The molecule has 1 aliphatic rings. The summed E-state index contributed by atoms with van der Waals surface area (Å²) < 4.78 is 6.01. The highest BCUT2D eigenvalue weighted by Gasteiger charge is 2.22. The van der Waals surface area contributed by atoms with Crippen molar-refractivity contribution in [2.75, 3.05) is 24.3 Å². The number of hydrogen-bond donors (Lipinski definition) is 2. The summed E-state index contributed by atoms with van der Waals surface area (Å²) in [5.74, 6) is 2.62. The summed E-state index contributed by atoms with van der Waals surface area (Å²) in [5.41, 5.74) is 0.969. The van der Waals surface area contributed by atoms with Gasteiger partial charge in [-0.15, -0.1) is 0 Å². The molecule has 190 valence electrons. The maximum Gasteiger partial charge on any atom is 0.225 e. The van der Waals surface area contributed by atoms with Crippen LogP contribution >= 0.6 is 23.4 Å². The monoisotopic (exact) mass is 523 g/mol. The van der Waals surface area contributed by atoms with Crippen LogP contribution in [0.1, 0.15) is 38.9 Å². The Labute approximate surface area is 222 Å². The third-order valence-corrected chi connectivity index (χ3v) is 7.48. The molecular weight excluding hydrogens is 490 g/mol. The number of nitrogens with one attached hydrogen (secondary N) is 2. The Balaban J connectivity index is 0.00000304. The van der Waals surface area contributed by atoms with Crippen LogP contribution in [0.4, 0.5) is 11.8 Å². The van der Waals surface area contributed by atoms with Crippen LogP contribution in [0.5, 0.6) is 0 Å². The second-order valence-corrected chi connectivity index (χ2v) is 10.6. The third-order valence-electron chi connectivity index (χ3n) is 6.30. The summed E-state index contributed by atoms with van der Waals surface area (Å²) >= 11 is 7.58. The average Bonchev–Trinajstić information content (AvgIpc) is 3.31. The van der Waals surface area contributed by atoms with Gasteiger partial charge in [-0.3, -0.25) is 0 Å². The van der Waals surface area contributed by atoms with Gasteiger partial charge in [-0.2, -0.15) is 4.98 Å². The zero-order chi connectivity index (χ0) is 24.2. The summed E-state index contributed by atoms with van der Waals surface area (Å²) in [6.07, 6.45) is 4.39. The molecule has 0 aliphatic heterocycles. The Morgan fingerprint density at radius 1 is 0.944 bits per heavy atom. The summed E-state index contributed by atoms with van der Waals surface area (Å²) in [5, 5.41) is 9.96. The van der Waals surface area contributed by atoms with E-state index in [-0.39, 0.29) is 7.43 Å². The minimum atomic E-state index is 0. The van der Waals surface area contributed by atoms with Crippen LogP contribution in [0.3, 0.4) is 0 Å². The molecule has 2 heterocycles. The SMILES string of the molecule is C.CN(C)c1nc(NC2CCC(NCc3ccc(Sc4ccc(Cl)cc4)o3)CC2)nc2ccccc12. The molecule has 0 atom stereocenters. The molecule has 0 amide bonds. The van der Waals surface area contributed by atoms with Crippen LogP contribution in [-0.2, 0) is 6.54 Å². The van der Waals surface area contributed by atoms with Crippen LogP contribution in [0.2, 0.25) is 5.02 Å². The fraction of sp³-hybridized carbons (Fsp3) is 0.357. The van der Waals surface area contributed by atoms with E-state index in [1.807, 2.05) is 67.5 Å². The molecule has 2 N–H and O–H groups in total. The predicted molar refractivity (Wildman–Crippen MR) is 151 cm³/mol. The van der Waals surface area contributed by atoms with E-state index in [0.717, 1.165) is 69.7 Å². The molecule has 0 radical (unpaired) electrons. The van der Waals surface area contributed by atoms with Crippen LogP contribution in [0.15, 0.2) is 75.1 Å². The van der Waals surface area contributed by atoms with Crippen molar-refractivity contribution in [2.45, 2.75) is 61.7 Å². The van der Waals surface area contributed by atoms with E-state index in [0.29, 0.717) is 18.0 Å². The summed E-state index contributed by atoms with van der Waals surface area (Å²) in [7, 11) is 4.04. The summed E-state index contributed by atoms with van der Waals surface area (Å²) in [6, 6.07) is 20.9. The van der Waals surface area contributed by atoms with Gasteiger partial charge in [0.25, 0.3) is 0 Å². The van der Waals surface area contributed by atoms with Crippen molar-refractivity contribution in [1.82, 2.24) is 15.3 Å². The van der Waals surface area contributed by atoms with E-state index in [1.165, 1.54) is 0 Å². The second kappa shape index (κ2) is 12.0. The number of aromatic nitrogens is 2. The van der Waals surface area contributed by atoms with Gasteiger partial charge in [-0.05, 0) is 74.2 Å². The van der Waals surface area contributed by atoms with Gasteiger partial charge in [0.05, 0.1) is 12.1 Å². The molecule has 1 aliphatic carbocycles. The van der Waals surface area contributed by atoms with Gasteiger partial charge in [-0.25, -0.2) is 4.98 Å². The number of nitrogens with zero attached hydrogens (tertiary/aromatic N) is 3. The second-order valence-electron chi connectivity index (χ2n) is 9.13. The first-order valence-electron chi connectivity index (χ1n) is 12.0. The zero-order valence-electron chi connectivity index (χ0n) is 20.0. The van der Waals surface area contributed by atoms with Gasteiger partial charge in [0.2, 0.25) is 5.95 Å². The van der Waals surface area contributed by atoms with E-state index < -0.39 is 0 Å². The van der Waals surface area contributed by atoms with Crippen molar-refractivity contribution >= 4 is 46.0 Å². The predicted octanol–water partition coefficient (Wildman–Crippen LogP) is 7.24. The molecule has 0 saturated heterocycles. The molecule has 2 aromatic carbocycles. The highest BCUT2D eigenvalue weighted by atomic mass is 35.5. The first-order chi connectivity index (χ1) is 17.0. The molecule has 36 heavy (non-hydrogen) atoms. The quantitative estimate of drug-likeness (QED) is 0.252. The van der Waals surface area contributed by atoms with Crippen molar-refractivity contribution in [3.8, 4) is 0 Å². The Morgan fingerprint density at radius 2 is 1.67 bits per heavy atom. The van der Waals surface area contributed by atoms with Crippen molar-refractivity contribution < 1.29 is 4.42 Å². The van der Waals surface area contributed by atoms with Gasteiger partial charge >= 0.3 is 0 Å². The lowest BCUT2D eigenvalue weighted by molar-refractivity contribution is 0.332. The molecule has 0 spiro atoms. The molecule has 0 bridgehead atoms. The summed E-state index contributed by atoms with van der Waals surface area (Å²) in [4.78, 5) is 12.7. The van der Waals surface area contributed by atoms with E-state index >= 15 is 0 Å². The fourth-order valence-electron chi connectivity index (χ4n) is 4.46. The number of halogens is 1. The van der Waals surface area contributed by atoms with Crippen molar-refractivity contribution in [1.29, 1.82) is 0 Å². The maximum absolute atomic E-state index is 6.01. The largest absolute Gasteiger partial charge is 0.453 e. The number of benzene rings is 2. The van der Waals surface area contributed by atoms with Gasteiger partial charge in [0.15, 0.2) is 5.09 Å². The number of fused-ring (bicyclic) bond motifs is 1. The zero-order valence-corrected chi connectivity index (χ0v) is 21.6. The lowest BCUT2D eigenvalue weighted by Crippen LogP contribution is -2.36. The van der Waals surface area contributed by atoms with Crippen LogP contribution in [0.25, 0.3) is 10.9 Å².